The SMILES string of the molecule is c1ccc(-c2nc(-c3ccccc3)nc(-c3cccc(-c4cccc(-c5cccc(-c6ccc7c8ccccc8c8ccccc8c7c6)c5)c4)c3)n2)cc1. The standard InChI is InChI=1S/C51H33N3/c1-3-14-34(15-4-1)49-52-50(35-16-5-2-6-17-35)54-51(53-49)42-23-13-22-40(32-42)38-20-11-18-36(30-38)37-19-12-21-39(31-37)41-28-29-47-45-26-8-7-24-43(45)44-25-9-10-27-46(44)48(47)33-41/h1-33H. The Kier molecular flexibility index (Phi) is 7.81. The van der Waals surface area contributed by atoms with E-state index in [9.17, 15) is 0 Å². The molecule has 54 heavy (non-hydrogen) atoms. The van der Waals surface area contributed by atoms with Crippen LogP contribution in [0.25, 0.3) is 99.9 Å². The predicted molar refractivity (Wildman–Crippen MR) is 225 cm³/mol. The van der Waals surface area contributed by atoms with E-state index in [-0.39, 0.29) is 0 Å². The molecular formula is C51H33N3. The first kappa shape index (κ1) is 31.5. The molecule has 252 valence electrons. The highest BCUT2D eigenvalue weighted by Gasteiger charge is 2.14. The van der Waals surface area contributed by atoms with Crippen molar-refractivity contribution in [2.24, 2.45) is 0 Å². The number of aromatic nitrogens is 3. The number of rotatable bonds is 6. The van der Waals surface area contributed by atoms with Crippen LogP contribution >= 0.6 is 0 Å². The minimum atomic E-state index is 0.643. The van der Waals surface area contributed by atoms with Crippen molar-refractivity contribution in [3.63, 3.8) is 0 Å². The van der Waals surface area contributed by atoms with Gasteiger partial charge in [-0.2, -0.15) is 0 Å². The number of hydrogen-bond donors (Lipinski definition) is 0. The molecule has 0 fully saturated rings. The maximum absolute atomic E-state index is 4.97. The first-order chi connectivity index (χ1) is 26.7. The van der Waals surface area contributed by atoms with Crippen LogP contribution < -0.4 is 0 Å². The van der Waals surface area contributed by atoms with Crippen LogP contribution in [0.3, 0.4) is 0 Å². The highest BCUT2D eigenvalue weighted by atomic mass is 15.0. The molecule has 0 amide bonds. The molecule has 0 bridgehead atoms. The molecule has 0 spiro atoms. The fourth-order valence-electron chi connectivity index (χ4n) is 7.62. The second-order valence-electron chi connectivity index (χ2n) is 13.6. The first-order valence-corrected chi connectivity index (χ1v) is 18.3. The summed E-state index contributed by atoms with van der Waals surface area (Å²) in [5, 5.41) is 7.71. The van der Waals surface area contributed by atoms with Crippen molar-refractivity contribution in [2.45, 2.75) is 0 Å². The quantitative estimate of drug-likeness (QED) is 0.163. The third-order valence-electron chi connectivity index (χ3n) is 10.3. The van der Waals surface area contributed by atoms with E-state index in [1.807, 2.05) is 60.7 Å². The average Bonchev–Trinajstić information content (AvgIpc) is 3.27. The lowest BCUT2D eigenvalue weighted by Gasteiger charge is -2.13. The van der Waals surface area contributed by atoms with Gasteiger partial charge in [-0.3, -0.25) is 0 Å². The minimum absolute atomic E-state index is 0.643. The third kappa shape index (κ3) is 5.78. The lowest BCUT2D eigenvalue weighted by atomic mass is 9.91. The highest BCUT2D eigenvalue weighted by Crippen LogP contribution is 2.38. The summed E-state index contributed by atoms with van der Waals surface area (Å²) in [7, 11) is 0. The summed E-state index contributed by atoms with van der Waals surface area (Å²) in [6, 6.07) is 70.7. The van der Waals surface area contributed by atoms with E-state index in [2.05, 4.69) is 140 Å². The Morgan fingerprint density at radius 1 is 0.185 bits per heavy atom. The van der Waals surface area contributed by atoms with Crippen LogP contribution in [0.5, 0.6) is 0 Å². The summed E-state index contributed by atoms with van der Waals surface area (Å²) in [5.41, 5.74) is 9.80. The molecular weight excluding hydrogens is 655 g/mol. The molecule has 3 heteroatoms. The predicted octanol–water partition coefficient (Wildman–Crippen LogP) is 13.3. The molecule has 0 aliphatic rings. The third-order valence-corrected chi connectivity index (χ3v) is 10.3. The summed E-state index contributed by atoms with van der Waals surface area (Å²) in [6.45, 7) is 0. The Bertz CT molecular complexity index is 2900. The van der Waals surface area contributed by atoms with Crippen LogP contribution in [-0.4, -0.2) is 15.0 Å². The Labute approximate surface area is 313 Å². The van der Waals surface area contributed by atoms with Gasteiger partial charge in [0, 0.05) is 16.7 Å². The van der Waals surface area contributed by atoms with Gasteiger partial charge < -0.3 is 0 Å². The van der Waals surface area contributed by atoms with Gasteiger partial charge >= 0.3 is 0 Å². The van der Waals surface area contributed by atoms with Crippen LogP contribution in [0.4, 0.5) is 0 Å². The minimum Gasteiger partial charge on any atom is -0.208 e. The second-order valence-corrected chi connectivity index (χ2v) is 13.6. The Morgan fingerprint density at radius 2 is 0.481 bits per heavy atom. The zero-order chi connectivity index (χ0) is 35.8. The van der Waals surface area contributed by atoms with Crippen molar-refractivity contribution >= 4 is 32.3 Å². The molecule has 1 aromatic heterocycles. The van der Waals surface area contributed by atoms with Gasteiger partial charge in [-0.25, -0.2) is 15.0 Å². The van der Waals surface area contributed by atoms with Gasteiger partial charge in [-0.05, 0) is 90.0 Å². The zero-order valence-electron chi connectivity index (χ0n) is 29.4. The maximum atomic E-state index is 4.97. The molecule has 1 heterocycles. The van der Waals surface area contributed by atoms with Gasteiger partial charge in [-0.15, -0.1) is 0 Å². The molecule has 0 aliphatic heterocycles. The molecule has 9 aromatic carbocycles. The topological polar surface area (TPSA) is 38.7 Å². The Hall–Kier alpha value is -7.23. The summed E-state index contributed by atoms with van der Waals surface area (Å²) >= 11 is 0. The average molecular weight is 688 g/mol. The Balaban J connectivity index is 1.02. The largest absolute Gasteiger partial charge is 0.208 e. The van der Waals surface area contributed by atoms with Crippen LogP contribution in [0.2, 0.25) is 0 Å². The fourth-order valence-corrected chi connectivity index (χ4v) is 7.62. The van der Waals surface area contributed by atoms with Crippen LogP contribution in [0.15, 0.2) is 200 Å². The van der Waals surface area contributed by atoms with E-state index in [4.69, 9.17) is 15.0 Å². The molecule has 0 radical (unpaired) electrons. The molecule has 0 saturated carbocycles. The maximum Gasteiger partial charge on any atom is 0.164 e. The van der Waals surface area contributed by atoms with E-state index >= 15 is 0 Å². The molecule has 0 N–H and O–H groups in total. The number of hydrogen-bond acceptors (Lipinski definition) is 3. The van der Waals surface area contributed by atoms with Gasteiger partial charge in [0.05, 0.1) is 0 Å². The van der Waals surface area contributed by atoms with Crippen molar-refractivity contribution in [3.05, 3.63) is 200 Å². The number of benzene rings is 9. The Morgan fingerprint density at radius 3 is 0.926 bits per heavy atom. The second kappa shape index (κ2) is 13.4. The molecule has 3 nitrogen and oxygen atoms in total. The van der Waals surface area contributed by atoms with Gasteiger partial charge in [-0.1, -0.05) is 176 Å². The van der Waals surface area contributed by atoms with Crippen molar-refractivity contribution in [3.8, 4) is 67.5 Å². The van der Waals surface area contributed by atoms with Crippen LogP contribution in [0.1, 0.15) is 0 Å². The van der Waals surface area contributed by atoms with Crippen molar-refractivity contribution in [2.75, 3.05) is 0 Å². The fraction of sp³-hybridized carbons (Fsp3) is 0. The molecule has 10 aromatic rings. The first-order valence-electron chi connectivity index (χ1n) is 18.3. The normalized spacial score (nSPS) is 11.3. The monoisotopic (exact) mass is 687 g/mol. The molecule has 10 rings (SSSR count). The van der Waals surface area contributed by atoms with E-state index in [1.54, 1.807) is 0 Å². The molecule has 0 saturated heterocycles. The van der Waals surface area contributed by atoms with Crippen molar-refractivity contribution in [1.82, 2.24) is 15.0 Å². The van der Waals surface area contributed by atoms with E-state index in [0.717, 1.165) is 33.4 Å². The van der Waals surface area contributed by atoms with E-state index in [0.29, 0.717) is 17.5 Å². The van der Waals surface area contributed by atoms with Gasteiger partial charge in [0.1, 0.15) is 0 Å². The summed E-state index contributed by atoms with van der Waals surface area (Å²) in [4.78, 5) is 14.8. The smallest absolute Gasteiger partial charge is 0.164 e. The van der Waals surface area contributed by atoms with Gasteiger partial charge in [0.25, 0.3) is 0 Å². The lowest BCUT2D eigenvalue weighted by Crippen LogP contribution is -2.00. The van der Waals surface area contributed by atoms with E-state index in [1.165, 1.54) is 49.0 Å². The molecule has 0 unspecified atom stereocenters. The summed E-state index contributed by atoms with van der Waals surface area (Å²) in [5.74, 6) is 1.95. The van der Waals surface area contributed by atoms with Crippen molar-refractivity contribution in [1.29, 1.82) is 0 Å². The van der Waals surface area contributed by atoms with Gasteiger partial charge in [0.15, 0.2) is 17.5 Å². The van der Waals surface area contributed by atoms with E-state index < -0.39 is 0 Å². The number of fused-ring (bicyclic) bond motifs is 6. The highest BCUT2D eigenvalue weighted by molar-refractivity contribution is 6.25. The van der Waals surface area contributed by atoms with Crippen LogP contribution in [-0.2, 0) is 0 Å². The van der Waals surface area contributed by atoms with Gasteiger partial charge in [0.2, 0.25) is 0 Å². The molecule has 0 aliphatic carbocycles. The summed E-state index contributed by atoms with van der Waals surface area (Å²) in [6.07, 6.45) is 0. The zero-order valence-corrected chi connectivity index (χ0v) is 29.4. The van der Waals surface area contributed by atoms with Crippen molar-refractivity contribution < 1.29 is 0 Å². The lowest BCUT2D eigenvalue weighted by molar-refractivity contribution is 1.07. The van der Waals surface area contributed by atoms with Crippen LogP contribution in [0, 0.1) is 0 Å². The summed E-state index contributed by atoms with van der Waals surface area (Å²) < 4.78 is 0. The number of nitrogens with zero attached hydrogens (tertiary/aromatic N) is 3. The molecule has 0 atom stereocenters.